The lowest BCUT2D eigenvalue weighted by Gasteiger charge is -2.27. The summed E-state index contributed by atoms with van der Waals surface area (Å²) in [4.78, 5) is 16.2. The summed E-state index contributed by atoms with van der Waals surface area (Å²) >= 11 is 0. The van der Waals surface area contributed by atoms with Gasteiger partial charge in [0.15, 0.2) is 0 Å². The molecule has 1 aromatic carbocycles. The number of nitrogens with zero attached hydrogens (tertiary/aromatic N) is 2. The molecule has 1 heterocycles. The summed E-state index contributed by atoms with van der Waals surface area (Å²) in [5.41, 5.74) is 1.08. The second-order valence-electron chi connectivity index (χ2n) is 5.97. The highest BCUT2D eigenvalue weighted by atomic mass is 16.3. The topological polar surface area (TPSA) is 67.2 Å². The van der Waals surface area contributed by atoms with E-state index in [2.05, 4.69) is 10.3 Å². The third-order valence-electron chi connectivity index (χ3n) is 3.99. The molecule has 1 atom stereocenters. The molecule has 5 heteroatoms. The minimum Gasteiger partial charge on any atom is -0.388 e. The Hall–Kier alpha value is -1.88. The average molecular weight is 289 g/mol. The predicted octanol–water partition coefficient (Wildman–Crippen LogP) is 1.95. The summed E-state index contributed by atoms with van der Waals surface area (Å²) in [5, 5.41) is 12.9. The molecule has 5 nitrogen and oxygen atoms in total. The number of aryl methyl sites for hydroxylation is 1. The Morgan fingerprint density at radius 3 is 2.86 bits per heavy atom. The summed E-state index contributed by atoms with van der Waals surface area (Å²) in [7, 11) is 0. The molecule has 1 unspecified atom stereocenters. The van der Waals surface area contributed by atoms with Gasteiger partial charge in [0.2, 0.25) is 5.91 Å². The van der Waals surface area contributed by atoms with Gasteiger partial charge in [0.1, 0.15) is 0 Å². The first-order valence-corrected chi connectivity index (χ1v) is 7.29. The lowest BCUT2D eigenvalue weighted by molar-refractivity contribution is -0.122. The van der Waals surface area contributed by atoms with Crippen LogP contribution in [0.1, 0.15) is 27.2 Å². The number of aromatic nitrogens is 2. The van der Waals surface area contributed by atoms with Crippen molar-refractivity contribution in [2.24, 2.45) is 5.92 Å². The standard InChI is InChI=1S/C16H23N3O2/c1-12(2)16(3,21)10-17-15(20)8-9-19-11-18-13-6-4-5-7-14(13)19/h4-7,11-12,21H,8-10H2,1-3H3,(H,17,20). The minimum absolute atomic E-state index is 0.0614. The minimum atomic E-state index is -0.878. The fraction of sp³-hybridized carbons (Fsp3) is 0.500. The van der Waals surface area contributed by atoms with E-state index in [9.17, 15) is 9.90 Å². The number of hydrogen-bond donors (Lipinski definition) is 2. The largest absolute Gasteiger partial charge is 0.388 e. The van der Waals surface area contributed by atoms with E-state index >= 15 is 0 Å². The first-order valence-electron chi connectivity index (χ1n) is 7.29. The molecule has 0 saturated carbocycles. The van der Waals surface area contributed by atoms with Crippen molar-refractivity contribution in [1.29, 1.82) is 0 Å². The highest BCUT2D eigenvalue weighted by molar-refractivity contribution is 5.77. The van der Waals surface area contributed by atoms with E-state index in [0.29, 0.717) is 13.0 Å². The van der Waals surface area contributed by atoms with Crippen LogP contribution in [-0.2, 0) is 11.3 Å². The normalized spacial score (nSPS) is 14.3. The van der Waals surface area contributed by atoms with Crippen molar-refractivity contribution in [2.75, 3.05) is 6.54 Å². The second kappa shape index (κ2) is 6.26. The third-order valence-corrected chi connectivity index (χ3v) is 3.99. The Morgan fingerprint density at radius 1 is 1.43 bits per heavy atom. The van der Waals surface area contributed by atoms with E-state index in [1.165, 1.54) is 0 Å². The van der Waals surface area contributed by atoms with Crippen LogP contribution in [0.2, 0.25) is 0 Å². The van der Waals surface area contributed by atoms with Gasteiger partial charge in [-0.05, 0) is 25.0 Å². The Morgan fingerprint density at radius 2 is 2.14 bits per heavy atom. The van der Waals surface area contributed by atoms with Crippen molar-refractivity contribution in [3.8, 4) is 0 Å². The monoisotopic (exact) mass is 289 g/mol. The van der Waals surface area contributed by atoms with Crippen molar-refractivity contribution in [2.45, 2.75) is 39.3 Å². The maximum atomic E-state index is 11.9. The maximum Gasteiger partial charge on any atom is 0.221 e. The van der Waals surface area contributed by atoms with Crippen molar-refractivity contribution in [3.63, 3.8) is 0 Å². The average Bonchev–Trinajstić information content (AvgIpc) is 2.86. The van der Waals surface area contributed by atoms with Crippen LogP contribution in [0.25, 0.3) is 11.0 Å². The van der Waals surface area contributed by atoms with Gasteiger partial charge in [0.25, 0.3) is 0 Å². The zero-order chi connectivity index (χ0) is 15.5. The zero-order valence-electron chi connectivity index (χ0n) is 12.8. The summed E-state index contributed by atoms with van der Waals surface area (Å²) in [5.74, 6) is 0.0316. The van der Waals surface area contributed by atoms with Gasteiger partial charge in [0, 0.05) is 19.5 Å². The van der Waals surface area contributed by atoms with Gasteiger partial charge in [-0.1, -0.05) is 26.0 Å². The van der Waals surface area contributed by atoms with Crippen LogP contribution in [0.4, 0.5) is 0 Å². The summed E-state index contributed by atoms with van der Waals surface area (Å²) in [6, 6.07) is 7.84. The molecule has 1 aromatic heterocycles. The lowest BCUT2D eigenvalue weighted by atomic mass is 9.92. The molecule has 0 spiro atoms. The Bertz CT molecular complexity index is 617. The molecule has 1 amide bonds. The van der Waals surface area contributed by atoms with Crippen LogP contribution >= 0.6 is 0 Å². The van der Waals surface area contributed by atoms with E-state index in [4.69, 9.17) is 0 Å². The molecular weight excluding hydrogens is 266 g/mol. The number of imidazole rings is 1. The van der Waals surface area contributed by atoms with E-state index < -0.39 is 5.60 Å². The van der Waals surface area contributed by atoms with Crippen LogP contribution in [0, 0.1) is 5.92 Å². The highest BCUT2D eigenvalue weighted by Crippen LogP contribution is 2.15. The molecule has 0 aliphatic carbocycles. The number of carbonyl (C=O) groups excluding carboxylic acids is 1. The van der Waals surface area contributed by atoms with Gasteiger partial charge in [-0.3, -0.25) is 4.79 Å². The molecule has 21 heavy (non-hydrogen) atoms. The first-order chi connectivity index (χ1) is 9.90. The van der Waals surface area contributed by atoms with Gasteiger partial charge in [0.05, 0.1) is 23.0 Å². The molecule has 114 valence electrons. The third kappa shape index (κ3) is 3.82. The summed E-state index contributed by atoms with van der Waals surface area (Å²) in [6.07, 6.45) is 2.12. The number of para-hydroxylation sites is 2. The predicted molar refractivity (Wildman–Crippen MR) is 82.8 cm³/mol. The molecule has 0 saturated heterocycles. The molecular formula is C16H23N3O2. The Kier molecular flexibility index (Phi) is 4.63. The molecule has 2 rings (SSSR count). The number of carbonyl (C=O) groups is 1. The Balaban J connectivity index is 1.87. The molecule has 2 N–H and O–H groups in total. The van der Waals surface area contributed by atoms with E-state index in [0.717, 1.165) is 11.0 Å². The van der Waals surface area contributed by atoms with Gasteiger partial charge in [-0.15, -0.1) is 0 Å². The molecule has 0 fully saturated rings. The van der Waals surface area contributed by atoms with E-state index in [-0.39, 0.29) is 18.4 Å². The fourth-order valence-electron chi connectivity index (χ4n) is 1.98. The van der Waals surface area contributed by atoms with Gasteiger partial charge < -0.3 is 15.0 Å². The maximum absolute atomic E-state index is 11.9. The Labute approximate surface area is 125 Å². The fourth-order valence-corrected chi connectivity index (χ4v) is 1.98. The highest BCUT2D eigenvalue weighted by Gasteiger charge is 2.25. The number of nitrogens with one attached hydrogen (secondary N) is 1. The summed E-state index contributed by atoms with van der Waals surface area (Å²) < 4.78 is 1.97. The van der Waals surface area contributed by atoms with Crippen LogP contribution in [0.15, 0.2) is 30.6 Å². The second-order valence-corrected chi connectivity index (χ2v) is 5.97. The zero-order valence-corrected chi connectivity index (χ0v) is 12.8. The smallest absolute Gasteiger partial charge is 0.221 e. The van der Waals surface area contributed by atoms with E-state index in [1.54, 1.807) is 13.3 Å². The molecule has 0 aliphatic rings. The van der Waals surface area contributed by atoms with Gasteiger partial charge in [-0.2, -0.15) is 0 Å². The molecule has 0 bridgehead atoms. The van der Waals surface area contributed by atoms with Crippen LogP contribution < -0.4 is 5.32 Å². The number of amides is 1. The number of fused-ring (bicyclic) bond motifs is 1. The van der Waals surface area contributed by atoms with Gasteiger partial charge in [-0.25, -0.2) is 4.98 Å². The van der Waals surface area contributed by atoms with Crippen molar-refractivity contribution in [1.82, 2.24) is 14.9 Å². The SMILES string of the molecule is CC(C)C(C)(O)CNC(=O)CCn1cnc2ccccc21. The first kappa shape index (κ1) is 15.5. The van der Waals surface area contributed by atoms with Crippen molar-refractivity contribution in [3.05, 3.63) is 30.6 Å². The lowest BCUT2D eigenvalue weighted by Crippen LogP contribution is -2.44. The summed E-state index contributed by atoms with van der Waals surface area (Å²) in [6.45, 7) is 6.46. The molecule has 2 aromatic rings. The number of hydrogen-bond acceptors (Lipinski definition) is 3. The number of benzene rings is 1. The van der Waals surface area contributed by atoms with Gasteiger partial charge >= 0.3 is 0 Å². The number of aliphatic hydroxyl groups is 1. The molecule has 0 radical (unpaired) electrons. The van der Waals surface area contributed by atoms with Crippen LogP contribution in [-0.4, -0.2) is 32.7 Å². The van der Waals surface area contributed by atoms with Crippen molar-refractivity contribution >= 4 is 16.9 Å². The number of rotatable bonds is 6. The van der Waals surface area contributed by atoms with Crippen LogP contribution in [0.3, 0.4) is 0 Å². The van der Waals surface area contributed by atoms with E-state index in [1.807, 2.05) is 42.7 Å². The quantitative estimate of drug-likeness (QED) is 0.854. The molecule has 0 aliphatic heterocycles. The van der Waals surface area contributed by atoms with Crippen molar-refractivity contribution < 1.29 is 9.90 Å². The van der Waals surface area contributed by atoms with Crippen LogP contribution in [0.5, 0.6) is 0 Å².